The van der Waals surface area contributed by atoms with Gasteiger partial charge in [-0.2, -0.15) is 4.31 Å². The molecule has 0 fully saturated rings. The van der Waals surface area contributed by atoms with Crippen molar-refractivity contribution in [2.45, 2.75) is 4.90 Å². The van der Waals surface area contributed by atoms with Crippen molar-refractivity contribution in [3.8, 4) is 0 Å². The number of sulfonamides is 1. The van der Waals surface area contributed by atoms with E-state index in [1.807, 2.05) is 0 Å². The monoisotopic (exact) mass is 260 g/mol. The van der Waals surface area contributed by atoms with Crippen LogP contribution < -0.4 is 5.73 Å². The molecule has 0 aromatic carbocycles. The van der Waals surface area contributed by atoms with E-state index in [0.29, 0.717) is 0 Å². The van der Waals surface area contributed by atoms with Crippen molar-refractivity contribution in [2.75, 3.05) is 20.1 Å². The van der Waals surface area contributed by atoms with Crippen LogP contribution in [0.15, 0.2) is 23.2 Å². The minimum atomic E-state index is -3.68. The van der Waals surface area contributed by atoms with Crippen LogP contribution in [0.3, 0.4) is 0 Å². The molecule has 0 atom stereocenters. The molecule has 0 saturated carbocycles. The van der Waals surface area contributed by atoms with Crippen LogP contribution in [0.1, 0.15) is 0 Å². The van der Waals surface area contributed by atoms with Crippen LogP contribution in [0, 0.1) is 10.1 Å². The molecular weight excluding hydrogens is 248 g/mol. The summed E-state index contributed by atoms with van der Waals surface area (Å²) in [6.07, 6.45) is 0.959. The van der Waals surface area contributed by atoms with Crippen molar-refractivity contribution in [1.82, 2.24) is 9.29 Å². The highest BCUT2D eigenvalue weighted by molar-refractivity contribution is 7.89. The van der Waals surface area contributed by atoms with Gasteiger partial charge in [0, 0.05) is 26.2 Å². The molecule has 1 aromatic heterocycles. The molecule has 0 amide bonds. The lowest BCUT2D eigenvalue weighted by atomic mass is 10.5. The van der Waals surface area contributed by atoms with E-state index in [1.165, 1.54) is 7.05 Å². The van der Waals surface area contributed by atoms with Gasteiger partial charge >= 0.3 is 5.82 Å². The lowest BCUT2D eigenvalue weighted by molar-refractivity contribution is -0.389. The largest absolute Gasteiger partial charge is 0.363 e. The van der Waals surface area contributed by atoms with Crippen molar-refractivity contribution in [3.63, 3.8) is 0 Å². The molecule has 0 spiro atoms. The Bertz CT molecular complexity index is 499. The highest BCUT2D eigenvalue weighted by Crippen LogP contribution is 2.15. The fourth-order valence-electron chi connectivity index (χ4n) is 1.12. The molecule has 94 valence electrons. The number of nitrogens with zero attached hydrogens (tertiary/aromatic N) is 3. The van der Waals surface area contributed by atoms with Crippen molar-refractivity contribution in [1.29, 1.82) is 0 Å². The Kier molecular flexibility index (Phi) is 4.10. The number of hydrogen-bond donors (Lipinski definition) is 1. The summed E-state index contributed by atoms with van der Waals surface area (Å²) >= 11 is 0. The second-order valence-electron chi connectivity index (χ2n) is 3.22. The van der Waals surface area contributed by atoms with E-state index in [9.17, 15) is 18.5 Å². The quantitative estimate of drug-likeness (QED) is 0.566. The van der Waals surface area contributed by atoms with Crippen LogP contribution in [0.2, 0.25) is 0 Å². The normalized spacial score (nSPS) is 11.7. The molecule has 1 heterocycles. The summed E-state index contributed by atoms with van der Waals surface area (Å²) in [6.45, 7) is 0.357. The predicted octanol–water partition coefficient (Wildman–Crippen LogP) is -0.431. The molecule has 0 saturated heterocycles. The van der Waals surface area contributed by atoms with Crippen LogP contribution >= 0.6 is 0 Å². The molecule has 1 aromatic rings. The molecule has 0 bridgehead atoms. The zero-order valence-corrected chi connectivity index (χ0v) is 9.92. The smallest absolute Gasteiger partial charge is 0.358 e. The number of rotatable bonds is 5. The summed E-state index contributed by atoms with van der Waals surface area (Å²) in [4.78, 5) is 13.0. The summed E-state index contributed by atoms with van der Waals surface area (Å²) in [5.74, 6) is -0.398. The number of nitro groups is 1. The predicted molar refractivity (Wildman–Crippen MR) is 59.8 cm³/mol. The standard InChI is InChI=1S/C8H12N4O4S/c1-11(5-4-9)17(15,16)7-2-3-8(10-6-7)12(13)14/h2-3,6H,4-5,9H2,1H3. The fourth-order valence-corrected chi connectivity index (χ4v) is 2.25. The third-order valence-corrected chi connectivity index (χ3v) is 3.90. The van der Waals surface area contributed by atoms with E-state index in [-0.39, 0.29) is 18.0 Å². The second kappa shape index (κ2) is 5.17. The first-order valence-electron chi connectivity index (χ1n) is 4.66. The molecular formula is C8H12N4O4S. The van der Waals surface area contributed by atoms with Gasteiger partial charge in [0.25, 0.3) is 0 Å². The first-order chi connectivity index (χ1) is 7.89. The van der Waals surface area contributed by atoms with Gasteiger partial charge in [-0.3, -0.25) is 0 Å². The molecule has 0 unspecified atom stereocenters. The number of likely N-dealkylation sites (N-methyl/N-ethyl adjacent to an activating group) is 1. The zero-order chi connectivity index (χ0) is 13.1. The van der Waals surface area contributed by atoms with Gasteiger partial charge in [0.1, 0.15) is 4.90 Å². The van der Waals surface area contributed by atoms with E-state index in [0.717, 1.165) is 22.6 Å². The number of nitrogens with two attached hydrogens (primary N) is 1. The number of pyridine rings is 1. The minimum absolute atomic E-state index is 0.0981. The Balaban J connectivity index is 3.04. The van der Waals surface area contributed by atoms with Crippen molar-refractivity contribution >= 4 is 15.8 Å². The highest BCUT2D eigenvalue weighted by atomic mass is 32.2. The summed E-state index contributed by atoms with van der Waals surface area (Å²) in [7, 11) is -2.30. The van der Waals surface area contributed by atoms with Crippen LogP contribution in [-0.4, -0.2) is 42.8 Å². The Morgan fingerprint density at radius 1 is 1.53 bits per heavy atom. The van der Waals surface area contributed by atoms with Gasteiger partial charge in [-0.15, -0.1) is 0 Å². The average Bonchev–Trinajstić information content (AvgIpc) is 2.29. The van der Waals surface area contributed by atoms with E-state index < -0.39 is 20.8 Å². The molecule has 2 N–H and O–H groups in total. The van der Waals surface area contributed by atoms with Gasteiger partial charge in [0.2, 0.25) is 10.0 Å². The topological polar surface area (TPSA) is 119 Å². The molecule has 0 aliphatic rings. The van der Waals surface area contributed by atoms with Crippen molar-refractivity contribution < 1.29 is 13.3 Å². The maximum atomic E-state index is 11.9. The lowest BCUT2D eigenvalue weighted by Gasteiger charge is -2.14. The Hall–Kier alpha value is -1.58. The fraction of sp³-hybridized carbons (Fsp3) is 0.375. The first-order valence-corrected chi connectivity index (χ1v) is 6.10. The van der Waals surface area contributed by atoms with Gasteiger partial charge < -0.3 is 15.8 Å². The molecule has 17 heavy (non-hydrogen) atoms. The van der Waals surface area contributed by atoms with Crippen LogP contribution in [0.25, 0.3) is 0 Å². The Morgan fingerprint density at radius 2 is 2.18 bits per heavy atom. The molecule has 8 nitrogen and oxygen atoms in total. The third kappa shape index (κ3) is 2.96. The van der Waals surface area contributed by atoms with Crippen LogP contribution in [0.5, 0.6) is 0 Å². The maximum Gasteiger partial charge on any atom is 0.363 e. The van der Waals surface area contributed by atoms with Crippen molar-refractivity contribution in [3.05, 3.63) is 28.4 Å². The van der Waals surface area contributed by atoms with Gasteiger partial charge in [-0.1, -0.05) is 0 Å². The summed E-state index contributed by atoms with van der Waals surface area (Å²) in [6, 6.07) is 2.19. The van der Waals surface area contributed by atoms with Crippen molar-refractivity contribution in [2.24, 2.45) is 5.73 Å². The highest BCUT2D eigenvalue weighted by Gasteiger charge is 2.22. The van der Waals surface area contributed by atoms with E-state index in [2.05, 4.69) is 4.98 Å². The number of aromatic nitrogens is 1. The van der Waals surface area contributed by atoms with Gasteiger partial charge in [-0.25, -0.2) is 8.42 Å². The lowest BCUT2D eigenvalue weighted by Crippen LogP contribution is -2.31. The van der Waals surface area contributed by atoms with E-state index >= 15 is 0 Å². The summed E-state index contributed by atoms with van der Waals surface area (Å²) in [5, 5.41) is 10.4. The molecule has 0 aliphatic carbocycles. The van der Waals surface area contributed by atoms with Gasteiger partial charge in [0.15, 0.2) is 6.20 Å². The molecule has 9 heteroatoms. The summed E-state index contributed by atoms with van der Waals surface area (Å²) in [5.41, 5.74) is 5.26. The van der Waals surface area contributed by atoms with Gasteiger partial charge in [-0.05, 0) is 16.0 Å². The second-order valence-corrected chi connectivity index (χ2v) is 5.27. The number of hydrogen-bond acceptors (Lipinski definition) is 6. The van der Waals surface area contributed by atoms with Crippen LogP contribution in [0.4, 0.5) is 5.82 Å². The molecule has 1 rings (SSSR count). The zero-order valence-electron chi connectivity index (χ0n) is 9.11. The van der Waals surface area contributed by atoms with Crippen LogP contribution in [-0.2, 0) is 10.0 Å². The average molecular weight is 260 g/mol. The third-order valence-electron chi connectivity index (χ3n) is 2.06. The SMILES string of the molecule is CN(CCN)S(=O)(=O)c1ccc([N+](=O)[O-])nc1. The van der Waals surface area contributed by atoms with E-state index in [4.69, 9.17) is 5.73 Å². The Morgan fingerprint density at radius 3 is 2.59 bits per heavy atom. The summed E-state index contributed by atoms with van der Waals surface area (Å²) < 4.78 is 24.8. The molecule has 0 radical (unpaired) electrons. The van der Waals surface area contributed by atoms with Gasteiger partial charge in [0.05, 0.1) is 0 Å². The first kappa shape index (κ1) is 13.5. The Labute approximate surface area is 98.3 Å². The minimum Gasteiger partial charge on any atom is -0.358 e. The van der Waals surface area contributed by atoms with E-state index in [1.54, 1.807) is 0 Å². The maximum absolute atomic E-state index is 11.9. The molecule has 0 aliphatic heterocycles.